The molecule has 3 aromatic rings. The third-order valence-corrected chi connectivity index (χ3v) is 5.49. The predicted octanol–water partition coefficient (Wildman–Crippen LogP) is 4.17. The number of esters is 1. The molecular formula is C26H27N3O6. The Balaban J connectivity index is 0.00000342. The Morgan fingerprint density at radius 1 is 1.11 bits per heavy atom. The molecule has 1 saturated heterocycles. The number of ether oxygens (including phenoxy) is 2. The van der Waals surface area contributed by atoms with Crippen molar-refractivity contribution in [3.8, 4) is 5.75 Å². The number of carbonyl (C=O) groups is 3. The van der Waals surface area contributed by atoms with Gasteiger partial charge in [0.1, 0.15) is 11.5 Å². The lowest BCUT2D eigenvalue weighted by atomic mass is 9.95. The summed E-state index contributed by atoms with van der Waals surface area (Å²) in [4.78, 5) is 47.0. The van der Waals surface area contributed by atoms with Gasteiger partial charge in [0.25, 0.3) is 5.78 Å². The minimum absolute atomic E-state index is 0. The summed E-state index contributed by atoms with van der Waals surface area (Å²) in [7, 11) is 1.53. The van der Waals surface area contributed by atoms with Gasteiger partial charge in [-0.1, -0.05) is 49.9 Å². The number of aliphatic hydroxyl groups excluding tert-OH is 1. The lowest BCUT2D eigenvalue weighted by molar-refractivity contribution is -0.132. The molecule has 1 aliphatic heterocycles. The minimum Gasteiger partial charge on any atom is -0.507 e. The second-order valence-corrected chi connectivity index (χ2v) is 7.56. The van der Waals surface area contributed by atoms with Crippen LogP contribution < -0.4 is 9.64 Å². The molecular weight excluding hydrogens is 450 g/mol. The molecule has 1 aromatic heterocycles. The molecule has 4 rings (SSSR count). The van der Waals surface area contributed by atoms with Crippen molar-refractivity contribution < 1.29 is 29.0 Å². The molecule has 2 aromatic carbocycles. The number of carbonyl (C=O) groups excluding carboxylic acids is 3. The highest BCUT2D eigenvalue weighted by Crippen LogP contribution is 2.41. The second-order valence-electron chi connectivity index (χ2n) is 7.56. The van der Waals surface area contributed by atoms with E-state index in [1.165, 1.54) is 7.11 Å². The smallest absolute Gasteiger partial charge is 0.358 e. The summed E-state index contributed by atoms with van der Waals surface area (Å²) in [6.45, 7) is 3.45. The third-order valence-electron chi connectivity index (χ3n) is 5.49. The highest BCUT2D eigenvalue weighted by atomic mass is 16.5. The number of H-pyrrole nitrogens is 1. The minimum atomic E-state index is -0.994. The van der Waals surface area contributed by atoms with E-state index in [1.54, 1.807) is 68.4 Å². The van der Waals surface area contributed by atoms with E-state index >= 15 is 0 Å². The number of nitrogens with zero attached hydrogens (tertiary/aromatic N) is 2. The van der Waals surface area contributed by atoms with Crippen molar-refractivity contribution in [3.05, 3.63) is 82.7 Å². The van der Waals surface area contributed by atoms with Crippen molar-refractivity contribution in [2.75, 3.05) is 18.6 Å². The number of amides is 1. The normalized spacial score (nSPS) is 16.7. The van der Waals surface area contributed by atoms with Gasteiger partial charge >= 0.3 is 11.9 Å². The average molecular weight is 478 g/mol. The number of nitrogens with one attached hydrogen (secondary N) is 1. The molecule has 1 amide bonds. The molecule has 1 aliphatic rings. The number of aliphatic hydroxyl groups is 1. The second kappa shape index (κ2) is 10.3. The zero-order valence-corrected chi connectivity index (χ0v) is 18.9. The Bertz CT molecular complexity index is 1280. The summed E-state index contributed by atoms with van der Waals surface area (Å²) in [6.07, 6.45) is 0. The zero-order valence-electron chi connectivity index (χ0n) is 18.9. The molecule has 0 bridgehead atoms. The molecule has 0 radical (unpaired) electrons. The standard InChI is InChI=1S/C25H23N3O6.CH4/c1-4-34-24(32)19-14(2)26-25(27-19)28-20(15-10-12-17(33-3)13-11-15)18(22(30)23(28)31)21(29)16-8-6-5-7-9-16;/h5-13,20,29H,4H2,1-3H3,(H,26,27);1H4. The first-order valence-electron chi connectivity index (χ1n) is 10.6. The van der Waals surface area contributed by atoms with Crippen LogP contribution in [0, 0.1) is 6.92 Å². The first kappa shape index (κ1) is 25.2. The van der Waals surface area contributed by atoms with Gasteiger partial charge in [-0.25, -0.2) is 9.78 Å². The molecule has 0 spiro atoms. The van der Waals surface area contributed by atoms with Crippen LogP contribution in [0.25, 0.3) is 5.76 Å². The zero-order chi connectivity index (χ0) is 24.4. The average Bonchev–Trinajstić information content (AvgIpc) is 3.36. The number of rotatable bonds is 6. The number of Topliss-reactive ketones (excluding diaryl/α,β-unsaturated/α-hetero) is 1. The van der Waals surface area contributed by atoms with Gasteiger partial charge in [-0.05, 0) is 31.5 Å². The van der Waals surface area contributed by atoms with E-state index in [9.17, 15) is 19.5 Å². The summed E-state index contributed by atoms with van der Waals surface area (Å²) in [5, 5.41) is 11.1. The van der Waals surface area contributed by atoms with Crippen LogP contribution in [-0.4, -0.2) is 46.5 Å². The molecule has 1 atom stereocenters. The van der Waals surface area contributed by atoms with Crippen molar-refractivity contribution in [2.24, 2.45) is 0 Å². The first-order chi connectivity index (χ1) is 16.4. The number of hydrogen-bond acceptors (Lipinski definition) is 7. The van der Waals surface area contributed by atoms with Gasteiger partial charge in [0.05, 0.1) is 25.3 Å². The number of methoxy groups -OCH3 is 1. The Labute approximate surface area is 203 Å². The Morgan fingerprint density at radius 2 is 1.77 bits per heavy atom. The largest absolute Gasteiger partial charge is 0.507 e. The van der Waals surface area contributed by atoms with Crippen LogP contribution in [0.15, 0.2) is 60.2 Å². The van der Waals surface area contributed by atoms with E-state index in [0.717, 1.165) is 4.90 Å². The number of aryl methyl sites for hydroxylation is 1. The molecule has 9 heteroatoms. The van der Waals surface area contributed by atoms with E-state index in [-0.39, 0.29) is 37.0 Å². The van der Waals surface area contributed by atoms with E-state index in [4.69, 9.17) is 9.47 Å². The van der Waals surface area contributed by atoms with Gasteiger partial charge in [0, 0.05) is 11.3 Å². The van der Waals surface area contributed by atoms with Crippen molar-refractivity contribution in [2.45, 2.75) is 27.3 Å². The van der Waals surface area contributed by atoms with Crippen LogP contribution in [-0.2, 0) is 14.3 Å². The van der Waals surface area contributed by atoms with Gasteiger partial charge in [0.15, 0.2) is 5.69 Å². The summed E-state index contributed by atoms with van der Waals surface area (Å²) in [6, 6.07) is 14.3. The monoisotopic (exact) mass is 477 g/mol. The Morgan fingerprint density at radius 3 is 2.37 bits per heavy atom. The SMILES string of the molecule is C.CCOC(=O)c1nc(N2C(=O)C(=O)C(=C(O)c3ccccc3)C2c2ccc(OC)cc2)[nH]c1C. The molecule has 1 unspecified atom stereocenters. The van der Waals surface area contributed by atoms with Crippen LogP contribution in [0.4, 0.5) is 5.95 Å². The van der Waals surface area contributed by atoms with Crippen LogP contribution in [0.1, 0.15) is 47.7 Å². The number of anilines is 1. The number of aromatic nitrogens is 2. The lowest BCUT2D eigenvalue weighted by Gasteiger charge is -2.23. The molecule has 2 N–H and O–H groups in total. The molecule has 0 saturated carbocycles. The van der Waals surface area contributed by atoms with E-state index < -0.39 is 23.7 Å². The number of benzene rings is 2. The number of hydrogen-bond donors (Lipinski definition) is 2. The van der Waals surface area contributed by atoms with Crippen molar-refractivity contribution in [1.82, 2.24) is 9.97 Å². The molecule has 2 heterocycles. The number of ketones is 1. The van der Waals surface area contributed by atoms with Crippen LogP contribution in [0.3, 0.4) is 0 Å². The maximum absolute atomic E-state index is 13.2. The molecule has 0 aliphatic carbocycles. The fourth-order valence-corrected chi connectivity index (χ4v) is 3.86. The van der Waals surface area contributed by atoms with Gasteiger partial charge in [-0.15, -0.1) is 0 Å². The van der Waals surface area contributed by atoms with Crippen LogP contribution >= 0.6 is 0 Å². The number of aromatic amines is 1. The fourth-order valence-electron chi connectivity index (χ4n) is 3.86. The quantitative estimate of drug-likeness (QED) is 0.237. The summed E-state index contributed by atoms with van der Waals surface area (Å²) in [5.74, 6) is -2.13. The number of imidazole rings is 1. The third kappa shape index (κ3) is 4.52. The van der Waals surface area contributed by atoms with Crippen molar-refractivity contribution in [3.63, 3.8) is 0 Å². The maximum atomic E-state index is 13.2. The maximum Gasteiger partial charge on any atom is 0.358 e. The molecule has 9 nitrogen and oxygen atoms in total. The molecule has 182 valence electrons. The fraction of sp³-hybridized carbons (Fsp3) is 0.231. The Kier molecular flexibility index (Phi) is 7.39. The highest BCUT2D eigenvalue weighted by molar-refractivity contribution is 6.51. The van der Waals surface area contributed by atoms with E-state index in [2.05, 4.69) is 9.97 Å². The van der Waals surface area contributed by atoms with Crippen molar-refractivity contribution in [1.29, 1.82) is 0 Å². The van der Waals surface area contributed by atoms with Crippen molar-refractivity contribution >= 4 is 29.4 Å². The van der Waals surface area contributed by atoms with Crippen LogP contribution in [0.2, 0.25) is 0 Å². The van der Waals surface area contributed by atoms with Gasteiger partial charge < -0.3 is 19.6 Å². The lowest BCUT2D eigenvalue weighted by Crippen LogP contribution is -2.30. The van der Waals surface area contributed by atoms with E-state index in [0.29, 0.717) is 22.6 Å². The van der Waals surface area contributed by atoms with Gasteiger partial charge in [-0.2, -0.15) is 0 Å². The topological polar surface area (TPSA) is 122 Å². The van der Waals surface area contributed by atoms with Gasteiger partial charge in [-0.3, -0.25) is 14.5 Å². The first-order valence-corrected chi connectivity index (χ1v) is 10.6. The van der Waals surface area contributed by atoms with E-state index in [1.807, 2.05) is 0 Å². The summed E-state index contributed by atoms with van der Waals surface area (Å²) in [5.41, 5.74) is 1.24. The van der Waals surface area contributed by atoms with Crippen LogP contribution in [0.5, 0.6) is 5.75 Å². The molecule has 35 heavy (non-hydrogen) atoms. The summed E-state index contributed by atoms with van der Waals surface area (Å²) < 4.78 is 10.3. The van der Waals surface area contributed by atoms with Gasteiger partial charge in [0.2, 0.25) is 5.95 Å². The Hall–Kier alpha value is -4.40. The highest BCUT2D eigenvalue weighted by Gasteiger charge is 2.48. The summed E-state index contributed by atoms with van der Waals surface area (Å²) >= 11 is 0. The molecule has 1 fully saturated rings. The predicted molar refractivity (Wildman–Crippen MR) is 130 cm³/mol.